The molecule has 0 unspecified atom stereocenters. The fraction of sp³-hybridized carbons (Fsp3) is 0.250. The van der Waals surface area contributed by atoms with Crippen molar-refractivity contribution in [1.82, 2.24) is 4.98 Å². The first-order valence-electron chi connectivity index (χ1n) is 11.6. The number of fused-ring (bicyclic) bond motifs is 2. The number of benzene rings is 2. The Morgan fingerprint density at radius 2 is 1.82 bits per heavy atom. The van der Waals surface area contributed by atoms with Crippen molar-refractivity contribution in [3.63, 3.8) is 0 Å². The third-order valence-corrected chi connectivity index (χ3v) is 7.52. The van der Waals surface area contributed by atoms with E-state index >= 15 is 0 Å². The highest BCUT2D eigenvalue weighted by molar-refractivity contribution is 7.17. The molecule has 0 fully saturated rings. The van der Waals surface area contributed by atoms with Crippen molar-refractivity contribution in [3.05, 3.63) is 81.7 Å². The molecule has 5 rings (SSSR count). The number of para-hydroxylation sites is 1. The van der Waals surface area contributed by atoms with E-state index in [1.807, 2.05) is 55.5 Å². The second kappa shape index (κ2) is 9.39. The normalized spacial score (nSPS) is 13.2. The van der Waals surface area contributed by atoms with Gasteiger partial charge in [0.15, 0.2) is 0 Å². The Hall–Kier alpha value is -3.51. The largest absolute Gasteiger partial charge is 0.465 e. The molecule has 4 aromatic rings. The molecule has 0 saturated carbocycles. The molecule has 34 heavy (non-hydrogen) atoms. The molecule has 0 atom stereocenters. The molecule has 1 N–H and O–H groups in total. The van der Waals surface area contributed by atoms with Crippen LogP contribution in [0.4, 0.5) is 5.00 Å². The molecule has 1 aliphatic carbocycles. The van der Waals surface area contributed by atoms with E-state index in [9.17, 15) is 9.59 Å². The molecule has 0 radical (unpaired) electrons. The number of carbonyl (C=O) groups excluding carboxylic acids is 2. The van der Waals surface area contributed by atoms with Gasteiger partial charge in [-0.15, -0.1) is 11.3 Å². The van der Waals surface area contributed by atoms with Gasteiger partial charge in [-0.1, -0.05) is 48.4 Å². The van der Waals surface area contributed by atoms with Crippen LogP contribution >= 0.6 is 11.3 Å². The summed E-state index contributed by atoms with van der Waals surface area (Å²) in [6.45, 7) is 2.04. The second-order valence-corrected chi connectivity index (χ2v) is 9.76. The monoisotopic (exact) mass is 470 g/mol. The number of aryl methyl sites for hydroxylation is 2. The summed E-state index contributed by atoms with van der Waals surface area (Å²) in [7, 11) is 1.39. The van der Waals surface area contributed by atoms with Gasteiger partial charge in [0.2, 0.25) is 0 Å². The molecule has 0 spiro atoms. The Morgan fingerprint density at radius 3 is 2.65 bits per heavy atom. The molecular weight excluding hydrogens is 444 g/mol. The number of esters is 1. The molecule has 172 valence electrons. The highest BCUT2D eigenvalue weighted by atomic mass is 32.1. The van der Waals surface area contributed by atoms with Gasteiger partial charge in [-0.25, -0.2) is 9.78 Å². The summed E-state index contributed by atoms with van der Waals surface area (Å²) >= 11 is 1.50. The number of nitrogens with one attached hydrogen (secondary N) is 1. The Balaban J connectivity index is 1.59. The predicted molar refractivity (Wildman–Crippen MR) is 137 cm³/mol. The molecule has 2 heterocycles. The van der Waals surface area contributed by atoms with Crippen LogP contribution in [0.15, 0.2) is 54.6 Å². The van der Waals surface area contributed by atoms with E-state index in [1.54, 1.807) is 0 Å². The summed E-state index contributed by atoms with van der Waals surface area (Å²) in [4.78, 5) is 32.3. The van der Waals surface area contributed by atoms with Crippen molar-refractivity contribution in [3.8, 4) is 11.3 Å². The minimum atomic E-state index is -0.394. The number of ether oxygens (including phenoxy) is 1. The van der Waals surface area contributed by atoms with Crippen LogP contribution in [-0.2, 0) is 17.6 Å². The van der Waals surface area contributed by atoms with E-state index in [0.29, 0.717) is 16.1 Å². The molecule has 6 heteroatoms. The number of aromatic nitrogens is 1. The Kier molecular flexibility index (Phi) is 6.16. The van der Waals surface area contributed by atoms with Crippen LogP contribution < -0.4 is 5.32 Å². The zero-order valence-corrected chi connectivity index (χ0v) is 20.1. The zero-order valence-electron chi connectivity index (χ0n) is 19.3. The summed E-state index contributed by atoms with van der Waals surface area (Å²) < 4.78 is 5.09. The van der Waals surface area contributed by atoms with E-state index in [4.69, 9.17) is 9.72 Å². The van der Waals surface area contributed by atoms with Crippen LogP contribution in [0.1, 0.15) is 56.0 Å². The van der Waals surface area contributed by atoms with Gasteiger partial charge in [0, 0.05) is 15.8 Å². The highest BCUT2D eigenvalue weighted by Gasteiger charge is 2.27. The molecule has 0 bridgehead atoms. The highest BCUT2D eigenvalue weighted by Crippen LogP contribution is 2.38. The van der Waals surface area contributed by atoms with E-state index in [1.165, 1.54) is 23.3 Å². The topological polar surface area (TPSA) is 68.3 Å². The van der Waals surface area contributed by atoms with E-state index in [2.05, 4.69) is 11.4 Å². The predicted octanol–water partition coefficient (Wildman–Crippen LogP) is 6.58. The van der Waals surface area contributed by atoms with E-state index in [0.717, 1.165) is 65.4 Å². The van der Waals surface area contributed by atoms with Gasteiger partial charge in [0.25, 0.3) is 5.91 Å². The van der Waals surface area contributed by atoms with Crippen molar-refractivity contribution in [2.45, 2.75) is 39.0 Å². The first-order valence-corrected chi connectivity index (χ1v) is 12.4. The SMILES string of the molecule is COC(=O)c1c(NC(=O)c2cc(-c3cccc(C)c3)nc3ccccc23)sc2c1CCCCC2. The van der Waals surface area contributed by atoms with Crippen molar-refractivity contribution in [2.24, 2.45) is 0 Å². The van der Waals surface area contributed by atoms with Gasteiger partial charge in [0.05, 0.1) is 29.4 Å². The van der Waals surface area contributed by atoms with Crippen LogP contribution in [-0.4, -0.2) is 24.0 Å². The molecule has 5 nitrogen and oxygen atoms in total. The number of carbonyl (C=O) groups is 2. The Bertz CT molecular complexity index is 1410. The maximum absolute atomic E-state index is 13.6. The lowest BCUT2D eigenvalue weighted by Gasteiger charge is -2.11. The summed E-state index contributed by atoms with van der Waals surface area (Å²) in [6.07, 6.45) is 5.04. The van der Waals surface area contributed by atoms with Crippen LogP contribution in [0.3, 0.4) is 0 Å². The quantitative estimate of drug-likeness (QED) is 0.270. The molecule has 1 amide bonds. The molecule has 2 aromatic heterocycles. The summed E-state index contributed by atoms with van der Waals surface area (Å²) in [5, 5.41) is 4.40. The van der Waals surface area contributed by atoms with Gasteiger partial charge in [-0.3, -0.25) is 4.79 Å². The lowest BCUT2D eigenvalue weighted by Crippen LogP contribution is -2.15. The fourth-order valence-electron chi connectivity index (χ4n) is 4.63. The summed E-state index contributed by atoms with van der Waals surface area (Å²) in [6, 6.07) is 17.6. The first-order chi connectivity index (χ1) is 16.5. The van der Waals surface area contributed by atoms with Crippen LogP contribution in [0.2, 0.25) is 0 Å². The average Bonchev–Trinajstić information content (AvgIpc) is 3.02. The number of methoxy groups -OCH3 is 1. The summed E-state index contributed by atoms with van der Waals surface area (Å²) in [5.74, 6) is -0.649. The second-order valence-electron chi connectivity index (χ2n) is 8.66. The van der Waals surface area contributed by atoms with Gasteiger partial charge in [-0.2, -0.15) is 0 Å². The van der Waals surface area contributed by atoms with Gasteiger partial charge in [-0.05, 0) is 56.4 Å². The number of nitrogens with zero attached hydrogens (tertiary/aromatic N) is 1. The molecular formula is C28H26N2O3S. The lowest BCUT2D eigenvalue weighted by atomic mass is 10.0. The van der Waals surface area contributed by atoms with Crippen molar-refractivity contribution in [1.29, 1.82) is 0 Å². The van der Waals surface area contributed by atoms with Gasteiger partial charge < -0.3 is 10.1 Å². The number of thiophene rings is 1. The maximum Gasteiger partial charge on any atom is 0.341 e. The van der Waals surface area contributed by atoms with E-state index in [-0.39, 0.29) is 5.91 Å². The smallest absolute Gasteiger partial charge is 0.341 e. The third kappa shape index (κ3) is 4.21. The average molecular weight is 471 g/mol. The van der Waals surface area contributed by atoms with Crippen LogP contribution in [0.5, 0.6) is 0 Å². The molecule has 0 aliphatic heterocycles. The van der Waals surface area contributed by atoms with Crippen molar-refractivity contribution < 1.29 is 14.3 Å². The minimum Gasteiger partial charge on any atom is -0.465 e. The van der Waals surface area contributed by atoms with Crippen molar-refractivity contribution >= 4 is 39.1 Å². The van der Waals surface area contributed by atoms with E-state index < -0.39 is 5.97 Å². The molecule has 1 aliphatic rings. The molecule has 2 aromatic carbocycles. The van der Waals surface area contributed by atoms with Gasteiger partial charge in [0.1, 0.15) is 5.00 Å². The lowest BCUT2D eigenvalue weighted by molar-refractivity contribution is 0.0601. The first kappa shape index (κ1) is 22.3. The summed E-state index contributed by atoms with van der Waals surface area (Å²) in [5.41, 5.74) is 5.64. The van der Waals surface area contributed by atoms with Gasteiger partial charge >= 0.3 is 5.97 Å². The van der Waals surface area contributed by atoms with Crippen LogP contribution in [0, 0.1) is 6.92 Å². The number of rotatable bonds is 4. The van der Waals surface area contributed by atoms with Crippen molar-refractivity contribution in [2.75, 3.05) is 12.4 Å². The number of hydrogen-bond donors (Lipinski definition) is 1. The number of pyridine rings is 1. The number of amides is 1. The fourth-order valence-corrected chi connectivity index (χ4v) is 5.91. The Morgan fingerprint density at radius 1 is 1.00 bits per heavy atom. The molecule has 0 saturated heterocycles. The standard InChI is InChI=1S/C28H26N2O3S/c1-17-9-8-10-18(15-17)23-16-21(19-11-6-7-13-22(19)29-23)26(31)30-27-25(28(32)33-2)20-12-4-3-5-14-24(20)34-27/h6-11,13,15-16H,3-5,12,14H2,1-2H3,(H,30,31). The maximum atomic E-state index is 13.6. The number of anilines is 1. The number of hydrogen-bond acceptors (Lipinski definition) is 5. The minimum absolute atomic E-state index is 0.255. The third-order valence-electron chi connectivity index (χ3n) is 6.31. The van der Waals surface area contributed by atoms with Crippen LogP contribution in [0.25, 0.3) is 22.2 Å². The zero-order chi connectivity index (χ0) is 23.7. The Labute approximate surface area is 202 Å².